The Hall–Kier alpha value is -1.36. The fourth-order valence-corrected chi connectivity index (χ4v) is 1.88. The highest BCUT2D eigenvalue weighted by atomic mass is 35.5. The zero-order valence-electron chi connectivity index (χ0n) is 12.0. The van der Waals surface area contributed by atoms with E-state index in [-0.39, 0.29) is 34.6 Å². The maximum atomic E-state index is 11.9. The zero-order chi connectivity index (χ0) is 14.8. The SMILES string of the molecule is CC(C)c1nc(Cl)cc(=O)n1CC(=O)NC(C)(C)C. The molecule has 1 rings (SSSR count). The molecule has 0 saturated heterocycles. The van der Waals surface area contributed by atoms with Crippen LogP contribution in [0.25, 0.3) is 0 Å². The molecule has 0 aliphatic carbocycles. The van der Waals surface area contributed by atoms with Crippen LogP contribution in [0, 0.1) is 0 Å². The van der Waals surface area contributed by atoms with Gasteiger partial charge in [-0.25, -0.2) is 4.98 Å². The van der Waals surface area contributed by atoms with E-state index in [1.807, 2.05) is 34.6 Å². The smallest absolute Gasteiger partial charge is 0.255 e. The third kappa shape index (κ3) is 4.67. The molecule has 1 N–H and O–H groups in total. The zero-order valence-corrected chi connectivity index (χ0v) is 12.7. The number of aromatic nitrogens is 2. The van der Waals surface area contributed by atoms with Gasteiger partial charge in [0.25, 0.3) is 5.56 Å². The number of halogens is 1. The summed E-state index contributed by atoms with van der Waals surface area (Å²) in [7, 11) is 0. The molecule has 19 heavy (non-hydrogen) atoms. The fraction of sp³-hybridized carbons (Fsp3) is 0.615. The van der Waals surface area contributed by atoms with Gasteiger partial charge in [0.05, 0.1) is 0 Å². The van der Waals surface area contributed by atoms with E-state index >= 15 is 0 Å². The second-order valence-electron chi connectivity index (χ2n) is 5.81. The molecule has 0 fully saturated rings. The molecule has 1 heterocycles. The minimum Gasteiger partial charge on any atom is -0.350 e. The van der Waals surface area contributed by atoms with Gasteiger partial charge >= 0.3 is 0 Å². The molecule has 0 spiro atoms. The van der Waals surface area contributed by atoms with Crippen LogP contribution in [0.15, 0.2) is 10.9 Å². The molecule has 1 aromatic heterocycles. The monoisotopic (exact) mass is 285 g/mol. The largest absolute Gasteiger partial charge is 0.350 e. The Kier molecular flexibility index (Phi) is 4.74. The molecular weight excluding hydrogens is 266 g/mol. The van der Waals surface area contributed by atoms with Crippen molar-refractivity contribution in [2.45, 2.75) is 52.6 Å². The van der Waals surface area contributed by atoms with E-state index in [2.05, 4.69) is 10.3 Å². The summed E-state index contributed by atoms with van der Waals surface area (Å²) in [5.74, 6) is 0.302. The fourth-order valence-electron chi connectivity index (χ4n) is 1.70. The van der Waals surface area contributed by atoms with Crippen molar-refractivity contribution in [3.8, 4) is 0 Å². The summed E-state index contributed by atoms with van der Waals surface area (Å²) < 4.78 is 1.36. The molecule has 0 saturated carbocycles. The third-order valence-corrected chi connectivity index (χ3v) is 2.53. The average Bonchev–Trinajstić information content (AvgIpc) is 2.18. The van der Waals surface area contributed by atoms with E-state index < -0.39 is 0 Å². The van der Waals surface area contributed by atoms with Crippen LogP contribution in [0.2, 0.25) is 5.15 Å². The molecule has 6 heteroatoms. The van der Waals surface area contributed by atoms with Crippen molar-refractivity contribution in [1.82, 2.24) is 14.9 Å². The Labute approximate surface area is 118 Å². The molecule has 0 radical (unpaired) electrons. The number of hydrogen-bond donors (Lipinski definition) is 1. The number of hydrogen-bond acceptors (Lipinski definition) is 3. The Bertz CT molecular complexity index is 530. The second-order valence-corrected chi connectivity index (χ2v) is 6.20. The second kappa shape index (κ2) is 5.74. The van der Waals surface area contributed by atoms with Crippen molar-refractivity contribution >= 4 is 17.5 Å². The molecule has 5 nitrogen and oxygen atoms in total. The number of carbonyl (C=O) groups excluding carboxylic acids is 1. The Morgan fingerprint density at radius 1 is 1.47 bits per heavy atom. The normalized spacial score (nSPS) is 11.7. The lowest BCUT2D eigenvalue weighted by molar-refractivity contribution is -0.123. The number of nitrogens with zero attached hydrogens (tertiary/aromatic N) is 2. The minimum atomic E-state index is -0.335. The van der Waals surface area contributed by atoms with Crippen molar-refractivity contribution in [3.63, 3.8) is 0 Å². The summed E-state index contributed by atoms with van der Waals surface area (Å²) in [6, 6.07) is 1.22. The maximum Gasteiger partial charge on any atom is 0.255 e. The van der Waals surface area contributed by atoms with Crippen LogP contribution in [0.1, 0.15) is 46.4 Å². The van der Waals surface area contributed by atoms with Gasteiger partial charge < -0.3 is 5.32 Å². The number of carbonyl (C=O) groups is 1. The van der Waals surface area contributed by atoms with E-state index in [9.17, 15) is 9.59 Å². The first kappa shape index (κ1) is 15.7. The highest BCUT2D eigenvalue weighted by Gasteiger charge is 2.17. The molecule has 0 atom stereocenters. The number of rotatable bonds is 3. The van der Waals surface area contributed by atoms with E-state index in [1.165, 1.54) is 10.6 Å². The maximum absolute atomic E-state index is 11.9. The van der Waals surface area contributed by atoms with Gasteiger partial charge in [0.15, 0.2) is 0 Å². The molecule has 106 valence electrons. The first-order valence-corrected chi connectivity index (χ1v) is 6.56. The van der Waals surface area contributed by atoms with Crippen LogP contribution in [0.4, 0.5) is 0 Å². The van der Waals surface area contributed by atoms with Crippen molar-refractivity contribution in [2.24, 2.45) is 0 Å². The lowest BCUT2D eigenvalue weighted by Crippen LogP contribution is -2.44. The van der Waals surface area contributed by atoms with Gasteiger partial charge in [0, 0.05) is 17.5 Å². The van der Waals surface area contributed by atoms with Gasteiger partial charge in [-0.3, -0.25) is 14.2 Å². The summed E-state index contributed by atoms with van der Waals surface area (Å²) in [5.41, 5.74) is -0.647. The van der Waals surface area contributed by atoms with Crippen molar-refractivity contribution in [2.75, 3.05) is 0 Å². The molecule has 0 unspecified atom stereocenters. The van der Waals surface area contributed by atoms with Crippen molar-refractivity contribution in [3.05, 3.63) is 27.4 Å². The number of amides is 1. The summed E-state index contributed by atoms with van der Waals surface area (Å²) in [6.45, 7) is 9.41. The first-order chi connectivity index (χ1) is 8.60. The predicted molar refractivity (Wildman–Crippen MR) is 75.5 cm³/mol. The van der Waals surface area contributed by atoms with Crippen LogP contribution in [-0.4, -0.2) is 21.0 Å². The van der Waals surface area contributed by atoms with Crippen LogP contribution in [0.3, 0.4) is 0 Å². The number of nitrogens with one attached hydrogen (secondary N) is 1. The Morgan fingerprint density at radius 3 is 2.53 bits per heavy atom. The van der Waals surface area contributed by atoms with Gasteiger partial charge in [0.2, 0.25) is 5.91 Å². The standard InChI is InChI=1S/C13H20ClN3O2/c1-8(2)12-15-9(14)6-11(19)17(12)7-10(18)16-13(3,4)5/h6,8H,7H2,1-5H3,(H,16,18). The van der Waals surface area contributed by atoms with Crippen LogP contribution in [-0.2, 0) is 11.3 Å². The molecule has 1 aromatic rings. The van der Waals surface area contributed by atoms with E-state index in [0.717, 1.165) is 0 Å². The van der Waals surface area contributed by atoms with Crippen molar-refractivity contribution < 1.29 is 4.79 Å². The summed E-state index contributed by atoms with van der Waals surface area (Å²) in [4.78, 5) is 28.0. The van der Waals surface area contributed by atoms with Crippen molar-refractivity contribution in [1.29, 1.82) is 0 Å². The van der Waals surface area contributed by atoms with E-state index in [4.69, 9.17) is 11.6 Å². The molecule has 0 aromatic carbocycles. The van der Waals surface area contributed by atoms with E-state index in [1.54, 1.807) is 0 Å². The molecule has 0 aliphatic rings. The van der Waals surface area contributed by atoms with Gasteiger partial charge in [-0.2, -0.15) is 0 Å². The molecule has 0 aliphatic heterocycles. The quantitative estimate of drug-likeness (QED) is 0.863. The average molecular weight is 286 g/mol. The van der Waals surface area contributed by atoms with Crippen LogP contribution < -0.4 is 10.9 Å². The Balaban J connectivity index is 3.07. The third-order valence-electron chi connectivity index (χ3n) is 2.34. The van der Waals surface area contributed by atoms with Gasteiger partial charge in [-0.15, -0.1) is 0 Å². The molecule has 1 amide bonds. The van der Waals surface area contributed by atoms with E-state index in [0.29, 0.717) is 5.82 Å². The first-order valence-electron chi connectivity index (χ1n) is 6.18. The molecular formula is C13H20ClN3O2. The van der Waals surface area contributed by atoms with Gasteiger partial charge in [-0.05, 0) is 20.8 Å². The lowest BCUT2D eigenvalue weighted by Gasteiger charge is -2.21. The van der Waals surface area contributed by atoms with Crippen LogP contribution in [0.5, 0.6) is 0 Å². The van der Waals surface area contributed by atoms with Gasteiger partial charge in [-0.1, -0.05) is 25.4 Å². The summed E-state index contributed by atoms with van der Waals surface area (Å²) in [6.07, 6.45) is 0. The minimum absolute atomic E-state index is 0.00818. The van der Waals surface area contributed by atoms with Crippen LogP contribution >= 0.6 is 11.6 Å². The van der Waals surface area contributed by atoms with Gasteiger partial charge in [0.1, 0.15) is 17.5 Å². The topological polar surface area (TPSA) is 64.0 Å². The summed E-state index contributed by atoms with van der Waals surface area (Å²) in [5, 5.41) is 2.97. The lowest BCUT2D eigenvalue weighted by atomic mass is 10.1. The predicted octanol–water partition coefficient (Wildman–Crippen LogP) is 1.93. The highest BCUT2D eigenvalue weighted by molar-refractivity contribution is 6.29. The Morgan fingerprint density at radius 2 is 2.05 bits per heavy atom. The summed E-state index contributed by atoms with van der Waals surface area (Å²) >= 11 is 5.78. The highest BCUT2D eigenvalue weighted by Crippen LogP contribution is 2.12. The molecule has 0 bridgehead atoms.